The van der Waals surface area contributed by atoms with Gasteiger partial charge in [-0.05, 0) is 56.2 Å². The van der Waals surface area contributed by atoms with Gasteiger partial charge in [-0.15, -0.1) is 0 Å². The predicted octanol–water partition coefficient (Wildman–Crippen LogP) is 4.26. The van der Waals surface area contributed by atoms with E-state index in [4.69, 9.17) is 0 Å². The molecule has 1 N–H and O–H groups in total. The van der Waals surface area contributed by atoms with E-state index in [2.05, 4.69) is 19.2 Å². The molecule has 0 aromatic heterocycles. The quantitative estimate of drug-likeness (QED) is 0.547. The van der Waals surface area contributed by atoms with E-state index in [1.54, 1.807) is 4.90 Å². The molecule has 0 bridgehead atoms. The lowest BCUT2D eigenvalue weighted by molar-refractivity contribution is -0.138. The summed E-state index contributed by atoms with van der Waals surface area (Å²) in [7, 11) is -4.15. The first-order valence-electron chi connectivity index (χ1n) is 12.1. The zero-order chi connectivity index (χ0) is 25.3. The number of nitrogens with zero attached hydrogens (tertiary/aromatic N) is 2. The Morgan fingerprint density at radius 2 is 1.82 bits per heavy atom. The van der Waals surface area contributed by atoms with E-state index >= 15 is 0 Å². The molecule has 1 saturated carbocycles. The number of rotatable bonds is 9. The molecule has 10 heteroatoms. The monoisotopic (exact) mass is 503 g/mol. The van der Waals surface area contributed by atoms with Gasteiger partial charge in [-0.2, -0.15) is 17.5 Å². The third-order valence-electron chi connectivity index (χ3n) is 6.25. The Kier molecular flexibility index (Phi) is 8.35. The van der Waals surface area contributed by atoms with Crippen LogP contribution in [-0.4, -0.2) is 60.8 Å². The summed E-state index contributed by atoms with van der Waals surface area (Å²) >= 11 is 0. The van der Waals surface area contributed by atoms with Crippen LogP contribution in [0.5, 0.6) is 0 Å². The fraction of sp³-hybridized carbons (Fsp3) is 0.708. The second kappa shape index (κ2) is 10.5. The van der Waals surface area contributed by atoms with Crippen molar-refractivity contribution >= 4 is 15.9 Å². The molecule has 1 amide bonds. The highest BCUT2D eigenvalue weighted by Crippen LogP contribution is 2.38. The lowest BCUT2D eigenvalue weighted by Crippen LogP contribution is -2.56. The van der Waals surface area contributed by atoms with Gasteiger partial charge in [0, 0.05) is 31.2 Å². The maximum Gasteiger partial charge on any atom is 0.416 e. The van der Waals surface area contributed by atoms with Crippen LogP contribution in [0.25, 0.3) is 0 Å². The summed E-state index contributed by atoms with van der Waals surface area (Å²) in [5.74, 6) is 0.268. The van der Waals surface area contributed by atoms with Crippen molar-refractivity contribution in [1.29, 1.82) is 0 Å². The van der Waals surface area contributed by atoms with Crippen LogP contribution in [0.3, 0.4) is 0 Å². The van der Waals surface area contributed by atoms with Crippen LogP contribution in [-0.2, 0) is 21.0 Å². The predicted molar refractivity (Wildman–Crippen MR) is 125 cm³/mol. The highest BCUT2D eigenvalue weighted by Gasteiger charge is 2.45. The van der Waals surface area contributed by atoms with Crippen molar-refractivity contribution in [1.82, 2.24) is 14.5 Å². The van der Waals surface area contributed by atoms with Crippen LogP contribution in [0.2, 0.25) is 0 Å². The van der Waals surface area contributed by atoms with E-state index in [9.17, 15) is 26.4 Å². The van der Waals surface area contributed by atoms with Gasteiger partial charge in [-0.1, -0.05) is 33.8 Å². The molecule has 0 radical (unpaired) electrons. The molecule has 1 aromatic rings. The highest BCUT2D eigenvalue weighted by atomic mass is 32.2. The number of carbonyl (C=O) groups is 1. The molecular weight excluding hydrogens is 467 g/mol. The van der Waals surface area contributed by atoms with Gasteiger partial charge in [0.25, 0.3) is 0 Å². The zero-order valence-electron chi connectivity index (χ0n) is 20.3. The van der Waals surface area contributed by atoms with E-state index < -0.39 is 27.8 Å². The second-order valence-electron chi connectivity index (χ2n) is 10.2. The SMILES string of the molecule is CC(C)C[C@H](NC(C)C)C(=O)N1CCCC(N(C2CC2)S(=O)(=O)c2cccc(C(F)(F)F)c2)C1. The van der Waals surface area contributed by atoms with Crippen molar-refractivity contribution in [3.63, 3.8) is 0 Å². The largest absolute Gasteiger partial charge is 0.416 e. The van der Waals surface area contributed by atoms with Crippen LogP contribution in [0.1, 0.15) is 65.4 Å². The summed E-state index contributed by atoms with van der Waals surface area (Å²) in [5, 5.41) is 3.33. The first-order chi connectivity index (χ1) is 15.8. The fourth-order valence-corrected chi connectivity index (χ4v) is 6.61. The molecule has 2 aliphatic rings. The molecule has 3 rings (SSSR count). The van der Waals surface area contributed by atoms with Gasteiger partial charge in [0.1, 0.15) is 0 Å². The van der Waals surface area contributed by atoms with E-state index in [0.717, 1.165) is 12.1 Å². The first kappa shape index (κ1) is 26.9. The van der Waals surface area contributed by atoms with Crippen LogP contribution in [0.4, 0.5) is 13.2 Å². The summed E-state index contributed by atoms with van der Waals surface area (Å²) in [6, 6.07) is 3.01. The molecule has 0 spiro atoms. The standard InChI is InChI=1S/C24H36F3N3O3S/c1-16(2)13-22(28-17(3)4)23(31)29-12-6-8-20(15-29)30(19-10-11-19)34(32,33)21-9-5-7-18(14-21)24(25,26)27/h5,7,9,14,16-17,19-20,22,28H,6,8,10-13,15H2,1-4H3/t20?,22-/m0/s1. The molecule has 2 atom stereocenters. The van der Waals surface area contributed by atoms with Crippen molar-refractivity contribution in [2.24, 2.45) is 5.92 Å². The average Bonchev–Trinajstić information content (AvgIpc) is 3.56. The number of halogens is 3. The van der Waals surface area contributed by atoms with Crippen molar-refractivity contribution in [3.8, 4) is 0 Å². The zero-order valence-corrected chi connectivity index (χ0v) is 21.1. The van der Waals surface area contributed by atoms with Gasteiger partial charge in [-0.25, -0.2) is 8.42 Å². The molecule has 1 aromatic carbocycles. The third kappa shape index (κ3) is 6.51. The summed E-state index contributed by atoms with van der Waals surface area (Å²) < 4.78 is 68.1. The molecule has 1 unspecified atom stereocenters. The average molecular weight is 504 g/mol. The Labute approximate surface area is 200 Å². The Bertz CT molecular complexity index is 952. The smallest absolute Gasteiger partial charge is 0.340 e. The summed E-state index contributed by atoms with van der Waals surface area (Å²) in [6.07, 6.45) is -1.38. The van der Waals surface area contributed by atoms with Crippen molar-refractivity contribution in [2.45, 2.75) is 95.0 Å². The maximum atomic E-state index is 13.5. The fourth-order valence-electron chi connectivity index (χ4n) is 4.67. The van der Waals surface area contributed by atoms with Gasteiger partial charge in [-0.3, -0.25) is 4.79 Å². The number of likely N-dealkylation sites (tertiary alicyclic amines) is 1. The number of carbonyl (C=O) groups excluding carboxylic acids is 1. The van der Waals surface area contributed by atoms with Gasteiger partial charge in [0.15, 0.2) is 0 Å². The van der Waals surface area contributed by atoms with Crippen molar-refractivity contribution in [3.05, 3.63) is 29.8 Å². The Hall–Kier alpha value is -1.65. The Morgan fingerprint density at radius 3 is 2.38 bits per heavy atom. The molecule has 6 nitrogen and oxygen atoms in total. The summed E-state index contributed by atoms with van der Waals surface area (Å²) in [6.45, 7) is 8.87. The van der Waals surface area contributed by atoms with Gasteiger partial charge in [0.2, 0.25) is 15.9 Å². The van der Waals surface area contributed by atoms with Crippen LogP contribution in [0, 0.1) is 5.92 Å². The number of hydrogen-bond acceptors (Lipinski definition) is 4. The highest BCUT2D eigenvalue weighted by molar-refractivity contribution is 7.89. The van der Waals surface area contributed by atoms with Crippen molar-refractivity contribution in [2.75, 3.05) is 13.1 Å². The van der Waals surface area contributed by atoms with E-state index in [1.165, 1.54) is 10.4 Å². The second-order valence-corrected chi connectivity index (χ2v) is 12.0. The van der Waals surface area contributed by atoms with Crippen LogP contribution < -0.4 is 5.32 Å². The summed E-state index contributed by atoms with van der Waals surface area (Å²) in [4.78, 5) is 14.7. The number of amides is 1. The minimum atomic E-state index is -4.63. The number of nitrogens with one attached hydrogen (secondary N) is 1. The third-order valence-corrected chi connectivity index (χ3v) is 8.25. The number of benzene rings is 1. The molecule has 1 aliphatic heterocycles. The maximum absolute atomic E-state index is 13.5. The lowest BCUT2D eigenvalue weighted by atomic mass is 9.99. The molecule has 1 saturated heterocycles. The normalized spacial score (nSPS) is 20.9. The van der Waals surface area contributed by atoms with Crippen molar-refractivity contribution < 1.29 is 26.4 Å². The topological polar surface area (TPSA) is 69.7 Å². The van der Waals surface area contributed by atoms with E-state index in [1.807, 2.05) is 13.8 Å². The Morgan fingerprint density at radius 1 is 1.15 bits per heavy atom. The minimum Gasteiger partial charge on any atom is -0.340 e. The van der Waals surface area contributed by atoms with Crippen LogP contribution >= 0.6 is 0 Å². The first-order valence-corrected chi connectivity index (χ1v) is 13.5. The van der Waals surface area contributed by atoms with Gasteiger partial charge < -0.3 is 10.2 Å². The van der Waals surface area contributed by atoms with E-state index in [0.29, 0.717) is 50.6 Å². The van der Waals surface area contributed by atoms with Crippen LogP contribution in [0.15, 0.2) is 29.2 Å². The summed E-state index contributed by atoms with van der Waals surface area (Å²) in [5.41, 5.74) is -0.985. The van der Waals surface area contributed by atoms with Gasteiger partial charge in [0.05, 0.1) is 16.5 Å². The molecule has 192 valence electrons. The molecule has 1 heterocycles. The molecule has 34 heavy (non-hydrogen) atoms. The van der Waals surface area contributed by atoms with Gasteiger partial charge >= 0.3 is 6.18 Å². The number of hydrogen-bond donors (Lipinski definition) is 1. The molecule has 1 aliphatic carbocycles. The van der Waals surface area contributed by atoms with E-state index in [-0.39, 0.29) is 35.5 Å². The number of piperidine rings is 1. The molecule has 2 fully saturated rings. The minimum absolute atomic E-state index is 0.0423. The lowest BCUT2D eigenvalue weighted by Gasteiger charge is -2.40. The number of alkyl halides is 3. The number of sulfonamides is 1. The molecular formula is C24H36F3N3O3S. The Balaban J connectivity index is 1.84.